The molecule has 1 aliphatic rings. The molecule has 0 bridgehead atoms. The fourth-order valence-electron chi connectivity index (χ4n) is 2.68. The van der Waals surface area contributed by atoms with Gasteiger partial charge in [0.25, 0.3) is 0 Å². The molecule has 1 atom stereocenters. The maximum Gasteiger partial charge on any atom is 0.0419 e. The van der Waals surface area contributed by atoms with Crippen molar-refractivity contribution in [1.82, 2.24) is 5.32 Å². The fraction of sp³-hybridized carbons (Fsp3) is 0.375. The van der Waals surface area contributed by atoms with E-state index in [0.29, 0.717) is 6.04 Å². The van der Waals surface area contributed by atoms with Gasteiger partial charge in [-0.25, -0.2) is 0 Å². The van der Waals surface area contributed by atoms with Crippen LogP contribution in [0.4, 0.5) is 5.69 Å². The number of para-hydroxylation sites is 1. The Labute approximate surface area is 118 Å². The Morgan fingerprint density at radius 2 is 2.32 bits per heavy atom. The Balaban J connectivity index is 1.59. The van der Waals surface area contributed by atoms with Crippen molar-refractivity contribution in [3.05, 3.63) is 51.7 Å². The van der Waals surface area contributed by atoms with Crippen LogP contribution in [-0.4, -0.2) is 12.6 Å². The van der Waals surface area contributed by atoms with Gasteiger partial charge >= 0.3 is 0 Å². The Kier molecular flexibility index (Phi) is 3.85. The van der Waals surface area contributed by atoms with Gasteiger partial charge in [0.15, 0.2) is 0 Å². The van der Waals surface area contributed by atoms with Crippen LogP contribution < -0.4 is 10.6 Å². The largest absolute Gasteiger partial charge is 0.384 e. The Morgan fingerprint density at radius 3 is 3.16 bits per heavy atom. The van der Waals surface area contributed by atoms with E-state index in [-0.39, 0.29) is 0 Å². The average molecular weight is 272 g/mol. The molecule has 0 spiro atoms. The predicted octanol–water partition coefficient (Wildman–Crippen LogP) is 3.44. The zero-order valence-corrected chi connectivity index (χ0v) is 12.1. The van der Waals surface area contributed by atoms with E-state index in [4.69, 9.17) is 0 Å². The summed E-state index contributed by atoms with van der Waals surface area (Å²) in [5.74, 6) is 0. The van der Waals surface area contributed by atoms with E-state index in [0.717, 1.165) is 25.9 Å². The van der Waals surface area contributed by atoms with Gasteiger partial charge in [0.2, 0.25) is 0 Å². The van der Waals surface area contributed by atoms with E-state index in [1.54, 1.807) is 11.3 Å². The van der Waals surface area contributed by atoms with Crippen molar-refractivity contribution in [2.45, 2.75) is 32.4 Å². The fourth-order valence-corrected chi connectivity index (χ4v) is 3.36. The first kappa shape index (κ1) is 12.7. The third-order valence-corrected chi connectivity index (χ3v) is 4.43. The smallest absolute Gasteiger partial charge is 0.0419 e. The number of hydrogen-bond acceptors (Lipinski definition) is 3. The molecule has 2 nitrogen and oxygen atoms in total. The van der Waals surface area contributed by atoms with E-state index in [1.807, 2.05) is 0 Å². The molecule has 3 rings (SSSR count). The lowest BCUT2D eigenvalue weighted by Crippen LogP contribution is -2.27. The van der Waals surface area contributed by atoms with E-state index in [2.05, 4.69) is 52.6 Å². The quantitative estimate of drug-likeness (QED) is 0.871. The number of benzene rings is 1. The first-order valence-electron chi connectivity index (χ1n) is 6.92. The Morgan fingerprint density at radius 1 is 1.37 bits per heavy atom. The lowest BCUT2D eigenvalue weighted by Gasteiger charge is -2.15. The van der Waals surface area contributed by atoms with Crippen LogP contribution in [0.25, 0.3) is 0 Å². The minimum Gasteiger partial charge on any atom is -0.384 e. The van der Waals surface area contributed by atoms with Crippen LogP contribution in [-0.2, 0) is 19.4 Å². The van der Waals surface area contributed by atoms with Crippen molar-refractivity contribution < 1.29 is 0 Å². The van der Waals surface area contributed by atoms with Gasteiger partial charge in [-0.2, -0.15) is 11.3 Å². The van der Waals surface area contributed by atoms with Crippen LogP contribution in [0, 0.1) is 0 Å². The molecule has 1 aromatic heterocycles. The Hall–Kier alpha value is -1.32. The molecular weight excluding hydrogens is 252 g/mol. The van der Waals surface area contributed by atoms with Crippen LogP contribution in [0.15, 0.2) is 35.0 Å². The van der Waals surface area contributed by atoms with Gasteiger partial charge in [0.1, 0.15) is 0 Å². The summed E-state index contributed by atoms with van der Waals surface area (Å²) in [7, 11) is 0. The van der Waals surface area contributed by atoms with Crippen LogP contribution in [0.1, 0.15) is 23.6 Å². The topological polar surface area (TPSA) is 24.1 Å². The van der Waals surface area contributed by atoms with Crippen molar-refractivity contribution in [2.75, 3.05) is 11.9 Å². The summed E-state index contributed by atoms with van der Waals surface area (Å²) in [6.45, 7) is 4.28. The van der Waals surface area contributed by atoms with Crippen molar-refractivity contribution in [1.29, 1.82) is 0 Å². The third kappa shape index (κ3) is 2.99. The van der Waals surface area contributed by atoms with Crippen molar-refractivity contribution in [3.8, 4) is 0 Å². The molecule has 2 aromatic rings. The van der Waals surface area contributed by atoms with Crippen molar-refractivity contribution in [3.63, 3.8) is 0 Å². The average Bonchev–Trinajstić information content (AvgIpc) is 3.06. The SMILES string of the molecule is CC(Cc1ccsc1)NCc1cccc2c1NCC2. The Bertz CT molecular complexity index is 534. The summed E-state index contributed by atoms with van der Waals surface area (Å²) >= 11 is 1.77. The highest BCUT2D eigenvalue weighted by Gasteiger charge is 2.13. The molecule has 1 aliphatic heterocycles. The number of fused-ring (bicyclic) bond motifs is 1. The van der Waals surface area contributed by atoms with Crippen LogP contribution >= 0.6 is 11.3 Å². The molecule has 1 unspecified atom stereocenters. The maximum absolute atomic E-state index is 3.63. The van der Waals surface area contributed by atoms with E-state index < -0.39 is 0 Å². The highest BCUT2D eigenvalue weighted by atomic mass is 32.1. The molecular formula is C16H20N2S. The van der Waals surface area contributed by atoms with Crippen molar-refractivity contribution in [2.24, 2.45) is 0 Å². The second-order valence-corrected chi connectivity index (χ2v) is 6.03. The molecule has 0 amide bonds. The summed E-state index contributed by atoms with van der Waals surface area (Å²) in [5, 5.41) is 11.5. The summed E-state index contributed by atoms with van der Waals surface area (Å²) in [6, 6.07) is 9.35. The third-order valence-electron chi connectivity index (χ3n) is 3.70. The molecule has 2 N–H and O–H groups in total. The van der Waals surface area contributed by atoms with Gasteiger partial charge < -0.3 is 10.6 Å². The molecule has 0 saturated carbocycles. The van der Waals surface area contributed by atoms with E-state index in [1.165, 1.54) is 22.4 Å². The monoisotopic (exact) mass is 272 g/mol. The number of rotatable bonds is 5. The summed E-state index contributed by atoms with van der Waals surface area (Å²) < 4.78 is 0. The maximum atomic E-state index is 3.63. The molecule has 0 saturated heterocycles. The molecule has 100 valence electrons. The lowest BCUT2D eigenvalue weighted by molar-refractivity contribution is 0.546. The first-order chi connectivity index (χ1) is 9.33. The van der Waals surface area contributed by atoms with Gasteiger partial charge in [-0.3, -0.25) is 0 Å². The first-order valence-corrected chi connectivity index (χ1v) is 7.86. The lowest BCUT2D eigenvalue weighted by atomic mass is 10.1. The number of thiophene rings is 1. The van der Waals surface area contributed by atoms with Crippen molar-refractivity contribution >= 4 is 17.0 Å². The normalized spacial score (nSPS) is 15.0. The molecule has 0 fully saturated rings. The summed E-state index contributed by atoms with van der Waals surface area (Å²) in [6.07, 6.45) is 2.26. The summed E-state index contributed by atoms with van der Waals surface area (Å²) in [5.41, 5.74) is 5.65. The molecule has 0 radical (unpaired) electrons. The van der Waals surface area contributed by atoms with E-state index in [9.17, 15) is 0 Å². The van der Waals surface area contributed by atoms with Gasteiger partial charge in [-0.05, 0) is 53.3 Å². The predicted molar refractivity (Wildman–Crippen MR) is 83.0 cm³/mol. The molecule has 2 heterocycles. The second kappa shape index (κ2) is 5.76. The molecule has 0 aliphatic carbocycles. The van der Waals surface area contributed by atoms with Gasteiger partial charge in [0, 0.05) is 24.8 Å². The highest BCUT2D eigenvalue weighted by molar-refractivity contribution is 7.07. The van der Waals surface area contributed by atoms with Gasteiger partial charge in [-0.1, -0.05) is 18.2 Å². The van der Waals surface area contributed by atoms with Gasteiger partial charge in [0.05, 0.1) is 0 Å². The molecule has 19 heavy (non-hydrogen) atoms. The van der Waals surface area contributed by atoms with Crippen LogP contribution in [0.3, 0.4) is 0 Å². The second-order valence-electron chi connectivity index (χ2n) is 5.25. The van der Waals surface area contributed by atoms with Crippen LogP contribution in [0.5, 0.6) is 0 Å². The van der Waals surface area contributed by atoms with E-state index >= 15 is 0 Å². The van der Waals surface area contributed by atoms with Crippen LogP contribution in [0.2, 0.25) is 0 Å². The summed E-state index contributed by atoms with van der Waals surface area (Å²) in [4.78, 5) is 0. The number of nitrogens with one attached hydrogen (secondary N) is 2. The zero-order valence-electron chi connectivity index (χ0n) is 11.3. The molecule has 3 heteroatoms. The number of hydrogen-bond donors (Lipinski definition) is 2. The minimum atomic E-state index is 0.506. The standard InChI is InChI=1S/C16H20N2S/c1-12(9-13-6-8-19-11-13)18-10-15-4-2-3-14-5-7-17-16(14)15/h2-4,6,8,11-12,17-18H,5,7,9-10H2,1H3. The highest BCUT2D eigenvalue weighted by Crippen LogP contribution is 2.26. The number of anilines is 1. The van der Waals surface area contributed by atoms with Gasteiger partial charge in [-0.15, -0.1) is 0 Å². The molecule has 1 aromatic carbocycles. The minimum absolute atomic E-state index is 0.506. The zero-order chi connectivity index (χ0) is 13.1.